The molecule has 0 aromatic heterocycles. The maximum atomic E-state index is 10.9. The fraction of sp³-hybridized carbons (Fsp3) is 0.917. The van der Waals surface area contributed by atoms with Gasteiger partial charge in [-0.05, 0) is 12.8 Å². The first kappa shape index (κ1) is 13.5. The first-order valence-electron chi connectivity index (χ1n) is 6.20. The molecule has 1 fully saturated rings. The summed E-state index contributed by atoms with van der Waals surface area (Å²) >= 11 is 0. The average molecular weight is 228 g/mol. The molecule has 0 heterocycles. The number of hydrogen-bond acceptors (Lipinski definition) is 3. The highest BCUT2D eigenvalue weighted by Crippen LogP contribution is 2.35. The molecule has 1 aliphatic carbocycles. The number of amides is 1. The van der Waals surface area contributed by atoms with Crippen LogP contribution in [0.3, 0.4) is 0 Å². The second kappa shape index (κ2) is 6.21. The Labute approximate surface area is 97.6 Å². The molecule has 0 saturated heterocycles. The number of aliphatic hydroxyl groups excluding tert-OH is 1. The molecule has 16 heavy (non-hydrogen) atoms. The maximum absolute atomic E-state index is 10.9. The van der Waals surface area contributed by atoms with Crippen LogP contribution in [0, 0.1) is 11.3 Å². The van der Waals surface area contributed by atoms with Gasteiger partial charge in [0.1, 0.15) is 0 Å². The van der Waals surface area contributed by atoms with E-state index >= 15 is 0 Å². The predicted octanol–water partition coefficient (Wildman–Crippen LogP) is 0.640. The highest BCUT2D eigenvalue weighted by molar-refractivity contribution is 5.76. The zero-order valence-electron chi connectivity index (χ0n) is 10.2. The summed E-state index contributed by atoms with van der Waals surface area (Å²) < 4.78 is 0. The Bertz CT molecular complexity index is 225. The van der Waals surface area contributed by atoms with Crippen molar-refractivity contribution in [1.82, 2.24) is 5.32 Å². The molecule has 0 aromatic rings. The van der Waals surface area contributed by atoms with Gasteiger partial charge in [-0.25, -0.2) is 0 Å². The number of primary amides is 1. The van der Waals surface area contributed by atoms with E-state index in [0.29, 0.717) is 6.54 Å². The summed E-state index contributed by atoms with van der Waals surface area (Å²) in [6.07, 6.45) is 5.85. The summed E-state index contributed by atoms with van der Waals surface area (Å²) in [4.78, 5) is 10.9. The monoisotopic (exact) mass is 228 g/mol. The van der Waals surface area contributed by atoms with Crippen molar-refractivity contribution >= 4 is 5.91 Å². The van der Waals surface area contributed by atoms with E-state index < -0.39 is 0 Å². The Morgan fingerprint density at radius 2 is 2.06 bits per heavy atom. The maximum Gasteiger partial charge on any atom is 0.221 e. The second-order valence-electron chi connectivity index (χ2n) is 5.15. The van der Waals surface area contributed by atoms with E-state index in [-0.39, 0.29) is 23.8 Å². The number of carbonyl (C=O) groups excluding carboxylic acids is 1. The lowest BCUT2D eigenvalue weighted by molar-refractivity contribution is -0.121. The van der Waals surface area contributed by atoms with Crippen LogP contribution in [0.1, 0.15) is 39.0 Å². The molecule has 1 atom stereocenters. The van der Waals surface area contributed by atoms with Crippen LogP contribution in [0.5, 0.6) is 0 Å². The minimum Gasteiger partial charge on any atom is -0.396 e. The second-order valence-corrected chi connectivity index (χ2v) is 5.15. The van der Waals surface area contributed by atoms with Crippen molar-refractivity contribution in [2.75, 3.05) is 19.7 Å². The fourth-order valence-electron chi connectivity index (χ4n) is 2.35. The van der Waals surface area contributed by atoms with Gasteiger partial charge in [0.15, 0.2) is 0 Å². The summed E-state index contributed by atoms with van der Waals surface area (Å²) in [5, 5.41) is 12.8. The van der Waals surface area contributed by atoms with Gasteiger partial charge in [-0.3, -0.25) is 4.79 Å². The van der Waals surface area contributed by atoms with Gasteiger partial charge in [-0.1, -0.05) is 26.2 Å². The molecule has 1 aliphatic rings. The number of nitrogens with two attached hydrogens (primary N) is 1. The van der Waals surface area contributed by atoms with Gasteiger partial charge in [-0.15, -0.1) is 0 Å². The summed E-state index contributed by atoms with van der Waals surface area (Å²) in [5.41, 5.74) is 5.23. The van der Waals surface area contributed by atoms with E-state index in [1.54, 1.807) is 0 Å². The van der Waals surface area contributed by atoms with E-state index in [1.165, 1.54) is 19.3 Å². The van der Waals surface area contributed by atoms with E-state index in [4.69, 9.17) is 5.73 Å². The Hall–Kier alpha value is -0.610. The van der Waals surface area contributed by atoms with Crippen molar-refractivity contribution in [3.63, 3.8) is 0 Å². The third-order valence-electron chi connectivity index (χ3n) is 3.69. The minimum atomic E-state index is -0.269. The van der Waals surface area contributed by atoms with Gasteiger partial charge in [-0.2, -0.15) is 0 Å². The SMILES string of the molecule is CC(CNCC1(CO)CCCCC1)C(N)=O. The number of rotatable bonds is 6. The van der Waals surface area contributed by atoms with Gasteiger partial charge in [0.25, 0.3) is 0 Å². The highest BCUT2D eigenvalue weighted by atomic mass is 16.3. The lowest BCUT2D eigenvalue weighted by atomic mass is 9.74. The van der Waals surface area contributed by atoms with E-state index in [1.807, 2.05) is 6.92 Å². The van der Waals surface area contributed by atoms with Crippen molar-refractivity contribution < 1.29 is 9.90 Å². The molecule has 1 saturated carbocycles. The summed E-state index contributed by atoms with van der Waals surface area (Å²) in [5.74, 6) is -0.409. The molecule has 4 heteroatoms. The molecule has 4 nitrogen and oxygen atoms in total. The smallest absolute Gasteiger partial charge is 0.221 e. The summed E-state index contributed by atoms with van der Waals surface area (Å²) in [6.45, 7) is 3.46. The molecule has 94 valence electrons. The molecule has 4 N–H and O–H groups in total. The summed E-state index contributed by atoms with van der Waals surface area (Å²) in [7, 11) is 0. The highest BCUT2D eigenvalue weighted by Gasteiger charge is 2.30. The van der Waals surface area contributed by atoms with Crippen LogP contribution in [0.25, 0.3) is 0 Å². The van der Waals surface area contributed by atoms with Crippen molar-refractivity contribution in [2.45, 2.75) is 39.0 Å². The number of aliphatic hydroxyl groups is 1. The van der Waals surface area contributed by atoms with Crippen LogP contribution < -0.4 is 11.1 Å². The molecule has 1 amide bonds. The number of hydrogen-bond donors (Lipinski definition) is 3. The zero-order valence-corrected chi connectivity index (χ0v) is 10.2. The van der Waals surface area contributed by atoms with Crippen LogP contribution in [0.2, 0.25) is 0 Å². The van der Waals surface area contributed by atoms with E-state index in [0.717, 1.165) is 19.4 Å². The van der Waals surface area contributed by atoms with Gasteiger partial charge in [0, 0.05) is 31.0 Å². The third kappa shape index (κ3) is 3.76. The van der Waals surface area contributed by atoms with Crippen LogP contribution in [-0.2, 0) is 4.79 Å². The van der Waals surface area contributed by atoms with Crippen LogP contribution in [0.4, 0.5) is 0 Å². The normalized spacial score (nSPS) is 21.6. The van der Waals surface area contributed by atoms with Crippen LogP contribution in [-0.4, -0.2) is 30.7 Å². The molecule has 0 radical (unpaired) electrons. The lowest BCUT2D eigenvalue weighted by Crippen LogP contribution is -2.41. The zero-order chi connectivity index (χ0) is 12.0. The number of carbonyl (C=O) groups is 1. The molecule has 1 unspecified atom stereocenters. The van der Waals surface area contributed by atoms with Gasteiger partial charge in [0.05, 0.1) is 0 Å². The first-order chi connectivity index (χ1) is 7.59. The largest absolute Gasteiger partial charge is 0.396 e. The van der Waals surface area contributed by atoms with Crippen molar-refractivity contribution in [2.24, 2.45) is 17.1 Å². The van der Waals surface area contributed by atoms with Gasteiger partial charge < -0.3 is 16.2 Å². The van der Waals surface area contributed by atoms with Crippen molar-refractivity contribution in [3.8, 4) is 0 Å². The molecular weight excluding hydrogens is 204 g/mol. The van der Waals surface area contributed by atoms with Gasteiger partial charge in [0.2, 0.25) is 5.91 Å². The van der Waals surface area contributed by atoms with E-state index in [9.17, 15) is 9.90 Å². The van der Waals surface area contributed by atoms with Gasteiger partial charge >= 0.3 is 0 Å². The number of nitrogens with one attached hydrogen (secondary N) is 1. The minimum absolute atomic E-state index is 0.0373. The molecule has 0 spiro atoms. The van der Waals surface area contributed by atoms with Crippen LogP contribution in [0.15, 0.2) is 0 Å². The molecule has 0 aromatic carbocycles. The Kier molecular flexibility index (Phi) is 5.22. The quantitative estimate of drug-likeness (QED) is 0.624. The molecule has 0 bridgehead atoms. The molecule has 1 rings (SSSR count). The first-order valence-corrected chi connectivity index (χ1v) is 6.20. The standard InChI is InChI=1S/C12H24N2O2/c1-10(11(13)16)7-14-8-12(9-15)5-3-2-4-6-12/h10,14-15H,2-9H2,1H3,(H2,13,16). The Balaban J connectivity index is 2.31. The predicted molar refractivity (Wildman–Crippen MR) is 63.8 cm³/mol. The average Bonchev–Trinajstić information content (AvgIpc) is 2.30. The third-order valence-corrected chi connectivity index (χ3v) is 3.69. The van der Waals surface area contributed by atoms with Crippen molar-refractivity contribution in [1.29, 1.82) is 0 Å². The Morgan fingerprint density at radius 3 is 2.56 bits per heavy atom. The molecule has 0 aliphatic heterocycles. The topological polar surface area (TPSA) is 75.3 Å². The van der Waals surface area contributed by atoms with Crippen molar-refractivity contribution in [3.05, 3.63) is 0 Å². The summed E-state index contributed by atoms with van der Waals surface area (Å²) in [6, 6.07) is 0. The fourth-order valence-corrected chi connectivity index (χ4v) is 2.35. The van der Waals surface area contributed by atoms with Crippen LogP contribution >= 0.6 is 0 Å². The Morgan fingerprint density at radius 1 is 1.44 bits per heavy atom. The molecular formula is C12H24N2O2. The lowest BCUT2D eigenvalue weighted by Gasteiger charge is -2.36. The van der Waals surface area contributed by atoms with E-state index in [2.05, 4.69) is 5.32 Å².